The Morgan fingerprint density at radius 1 is 0.844 bits per heavy atom. The molecule has 0 spiro atoms. The summed E-state index contributed by atoms with van der Waals surface area (Å²) in [7, 11) is 0. The van der Waals surface area contributed by atoms with Gasteiger partial charge in [0.15, 0.2) is 0 Å². The number of hydrogen-bond acceptors (Lipinski definition) is 5. The molecule has 7 aromatic rings. The number of fused-ring (bicyclic) bond motifs is 9. The van der Waals surface area contributed by atoms with Crippen LogP contribution in [-0.2, 0) is 32.2 Å². The Bertz CT molecular complexity index is 2320. The van der Waals surface area contributed by atoms with E-state index in [0.29, 0.717) is 28.5 Å². The normalized spacial score (nSPS) is 16.7. The third-order valence-corrected chi connectivity index (χ3v) is 8.69. The average Bonchev–Trinajstić information content (AvgIpc) is 3.61. The third-order valence-electron chi connectivity index (χ3n) is 8.69. The second kappa shape index (κ2) is 10.6. The minimum Gasteiger partial charge on any atom is -0.567 e. The van der Waals surface area contributed by atoms with Crippen LogP contribution in [0.4, 0.5) is 0 Å². The maximum absolute atomic E-state index is 10.6. The Labute approximate surface area is 274 Å². The first-order valence-electron chi connectivity index (χ1n) is 14.7. The molecule has 0 saturated carbocycles. The number of pyridine rings is 1. The molecule has 2 atom stereocenters. The van der Waals surface area contributed by atoms with Gasteiger partial charge in [0.05, 0.1) is 11.3 Å². The van der Waals surface area contributed by atoms with Gasteiger partial charge in [0.2, 0.25) is 5.88 Å². The molecule has 220 valence electrons. The molecule has 0 saturated heterocycles. The second-order valence-electron chi connectivity index (χ2n) is 11.5. The van der Waals surface area contributed by atoms with Crippen molar-refractivity contribution in [2.24, 2.45) is 0 Å². The maximum atomic E-state index is 10.6. The van der Waals surface area contributed by atoms with Gasteiger partial charge in [-0.3, -0.25) is 11.6 Å². The molecule has 45 heavy (non-hydrogen) atoms. The summed E-state index contributed by atoms with van der Waals surface area (Å²) in [5, 5.41) is 13.3. The van der Waals surface area contributed by atoms with Crippen LogP contribution in [0.15, 0.2) is 108 Å². The summed E-state index contributed by atoms with van der Waals surface area (Å²) in [6.07, 6.45) is 4.37. The van der Waals surface area contributed by atoms with Crippen LogP contribution in [0.2, 0.25) is 0 Å². The first-order chi connectivity index (χ1) is 21.6. The van der Waals surface area contributed by atoms with Crippen molar-refractivity contribution in [2.75, 3.05) is 0 Å². The Balaban J connectivity index is 0.00000300. The van der Waals surface area contributed by atoms with Crippen LogP contribution >= 0.6 is 0 Å². The second-order valence-corrected chi connectivity index (χ2v) is 11.5. The number of phenolic OH excluding ortho intramolecular Hbond substituents is 1. The fourth-order valence-corrected chi connectivity index (χ4v) is 6.68. The Morgan fingerprint density at radius 2 is 1.60 bits per heavy atom. The largest absolute Gasteiger partial charge is 2.00 e. The van der Waals surface area contributed by atoms with Crippen LogP contribution in [0.1, 0.15) is 45.4 Å². The van der Waals surface area contributed by atoms with Gasteiger partial charge >= 0.3 is 21.1 Å². The molecule has 1 aliphatic heterocycles. The Hall–Kier alpha value is -4.86. The van der Waals surface area contributed by atoms with E-state index < -0.39 is 0 Å². The van der Waals surface area contributed by atoms with Gasteiger partial charge < -0.3 is 19.0 Å². The number of aromatic hydroxyl groups is 1. The smallest absolute Gasteiger partial charge is 0.567 e. The Kier molecular flexibility index (Phi) is 6.54. The zero-order valence-corrected chi connectivity index (χ0v) is 26.4. The third kappa shape index (κ3) is 4.53. The summed E-state index contributed by atoms with van der Waals surface area (Å²) in [6.45, 7) is 1.94. The molecular weight excluding hydrogens is 742 g/mol. The summed E-state index contributed by atoms with van der Waals surface area (Å²) in [5.74, 6) is 1.38. The summed E-state index contributed by atoms with van der Waals surface area (Å²) in [6, 6.07) is 37.8. The number of nitrogens with zero attached hydrogens (tertiary/aromatic N) is 1. The fourth-order valence-electron chi connectivity index (χ4n) is 6.68. The van der Waals surface area contributed by atoms with E-state index in [1.165, 1.54) is 22.3 Å². The van der Waals surface area contributed by atoms with Gasteiger partial charge in [-0.15, -0.1) is 5.76 Å². The van der Waals surface area contributed by atoms with Crippen molar-refractivity contribution in [3.8, 4) is 17.4 Å². The van der Waals surface area contributed by atoms with Crippen molar-refractivity contribution in [1.82, 2.24) is 4.98 Å². The molecule has 2 aromatic heterocycles. The fraction of sp³-hybridized carbons (Fsp3) is 0.103. The Morgan fingerprint density at radius 3 is 2.47 bits per heavy atom. The van der Waals surface area contributed by atoms with Gasteiger partial charge in [-0.1, -0.05) is 77.7 Å². The van der Waals surface area contributed by atoms with Crippen molar-refractivity contribution < 1.29 is 40.1 Å². The molecule has 0 amide bonds. The van der Waals surface area contributed by atoms with Crippen LogP contribution in [0.25, 0.3) is 38.6 Å². The number of benzene rings is 5. The van der Waals surface area contributed by atoms with Crippen molar-refractivity contribution in [2.45, 2.75) is 25.4 Å². The number of furan rings is 1. The van der Waals surface area contributed by atoms with Gasteiger partial charge in [-0.2, -0.15) is 6.07 Å². The minimum absolute atomic E-state index is 0. The van der Waals surface area contributed by atoms with Crippen molar-refractivity contribution in [1.29, 1.82) is 0 Å². The number of para-hydroxylation sites is 1. The van der Waals surface area contributed by atoms with Crippen molar-refractivity contribution in [3.63, 3.8) is 0 Å². The van der Waals surface area contributed by atoms with Crippen molar-refractivity contribution >= 4 is 38.6 Å². The van der Waals surface area contributed by atoms with Gasteiger partial charge in [0.1, 0.15) is 23.0 Å². The average molecular weight is 767 g/mol. The van der Waals surface area contributed by atoms with E-state index in [9.17, 15) is 5.11 Å². The molecule has 1 aliphatic carbocycles. The van der Waals surface area contributed by atoms with Gasteiger partial charge in [-0.25, -0.2) is 11.1 Å². The molecule has 0 unspecified atom stereocenters. The zero-order valence-electron chi connectivity index (χ0n) is 24.1. The van der Waals surface area contributed by atoms with Crippen LogP contribution < -0.4 is 4.74 Å². The number of phenols is 1. The summed E-state index contributed by atoms with van der Waals surface area (Å²) in [4.78, 5) is 4.63. The molecular formula is C39H25NO4Pt. The number of hydrogen-bond donors (Lipinski definition) is 1. The van der Waals surface area contributed by atoms with E-state index in [1.54, 1.807) is 12.1 Å². The molecule has 5 aromatic carbocycles. The predicted octanol–water partition coefficient (Wildman–Crippen LogP) is 9.34. The van der Waals surface area contributed by atoms with Gasteiger partial charge in [-0.05, 0) is 65.8 Å². The molecule has 3 heterocycles. The van der Waals surface area contributed by atoms with Crippen LogP contribution in [0, 0.1) is 19.1 Å². The van der Waals surface area contributed by atoms with Crippen molar-refractivity contribution in [3.05, 3.63) is 149 Å². The molecule has 0 bridgehead atoms. The number of rotatable bonds is 3. The SMILES string of the molecule is Cc1cc(O)c2nc(Oc3[c-]c(C4=[C-][C@H]5c6ccccc6Cc6ccccc6[C@@H]5O4)cc4c3oc3ccccc34)ccc2c1.[Pt+2]. The number of aryl methyl sites for hydroxylation is 1. The minimum atomic E-state index is -0.201. The van der Waals surface area contributed by atoms with E-state index in [4.69, 9.17) is 13.9 Å². The summed E-state index contributed by atoms with van der Waals surface area (Å²) < 4.78 is 19.5. The maximum Gasteiger partial charge on any atom is 2.00 e. The van der Waals surface area contributed by atoms with Crippen LogP contribution in [0.3, 0.4) is 0 Å². The van der Waals surface area contributed by atoms with Gasteiger partial charge in [0, 0.05) is 16.8 Å². The molecule has 0 radical (unpaired) electrons. The van der Waals surface area contributed by atoms with E-state index in [1.807, 2.05) is 49.4 Å². The topological polar surface area (TPSA) is 64.7 Å². The first-order valence-corrected chi connectivity index (χ1v) is 14.7. The molecule has 6 heteroatoms. The molecule has 2 aliphatic rings. The predicted molar refractivity (Wildman–Crippen MR) is 170 cm³/mol. The number of aromatic nitrogens is 1. The molecule has 1 N–H and O–H groups in total. The number of ether oxygens (including phenoxy) is 2. The van der Waals surface area contributed by atoms with E-state index in [-0.39, 0.29) is 38.8 Å². The summed E-state index contributed by atoms with van der Waals surface area (Å²) in [5.41, 5.74) is 8.42. The standard InChI is InChI=1S/C39H25NO4.Pt/c1-22-16-25-14-15-36(40-37(25)32(41)17-22)42-35-20-26(19-30-29-12-6-7-13-33(29)43-39(30)35)34-21-31-27-10-4-2-8-23(27)18-24-9-3-5-11-28(24)38(31)44-34;/h2-17,19,31,38,41H,18H2,1H3;/q-2;+2/t31-,38-;/m0./s1. The van der Waals surface area contributed by atoms with Gasteiger partial charge in [0.25, 0.3) is 0 Å². The van der Waals surface area contributed by atoms with Crippen LogP contribution in [-0.4, -0.2) is 10.1 Å². The quantitative estimate of drug-likeness (QED) is 0.182. The zero-order chi connectivity index (χ0) is 29.4. The molecule has 5 nitrogen and oxygen atoms in total. The monoisotopic (exact) mass is 766 g/mol. The van der Waals surface area contributed by atoms with Crippen LogP contribution in [0.5, 0.6) is 17.4 Å². The van der Waals surface area contributed by atoms with E-state index in [0.717, 1.165) is 39.3 Å². The van der Waals surface area contributed by atoms with E-state index >= 15 is 0 Å². The van der Waals surface area contributed by atoms with E-state index in [2.05, 4.69) is 65.7 Å². The summed E-state index contributed by atoms with van der Waals surface area (Å²) >= 11 is 0. The molecule has 0 fully saturated rings. The molecule has 9 rings (SSSR count). The first kappa shape index (κ1) is 27.7.